The number of rotatable bonds is 1. The zero-order chi connectivity index (χ0) is 5.98. The van der Waals surface area contributed by atoms with Crippen LogP contribution >= 0.6 is 11.3 Å². The van der Waals surface area contributed by atoms with Gasteiger partial charge in [-0.05, 0) is 6.92 Å². The minimum Gasteiger partial charge on any atom is -0.388 e. The predicted molar refractivity (Wildman–Crippen MR) is 31.6 cm³/mol. The molecule has 0 spiro atoms. The minimum absolute atomic E-state index is 0.390. The first-order valence-electron chi connectivity index (χ1n) is 2.30. The summed E-state index contributed by atoms with van der Waals surface area (Å²) in [5, 5.41) is 8.86. The van der Waals surface area contributed by atoms with Gasteiger partial charge in [-0.25, -0.2) is 4.98 Å². The van der Waals surface area contributed by atoms with Crippen molar-refractivity contribution in [2.45, 2.75) is 13.0 Å². The quantitative estimate of drug-likeness (QED) is 0.612. The van der Waals surface area contributed by atoms with Crippen molar-refractivity contribution in [2.75, 3.05) is 0 Å². The Morgan fingerprint density at radius 3 is 3.00 bits per heavy atom. The van der Waals surface area contributed by atoms with Crippen LogP contribution in [0, 0.1) is 5.51 Å². The highest BCUT2D eigenvalue weighted by molar-refractivity contribution is 7.09. The third-order valence-corrected chi connectivity index (χ3v) is 1.70. The molecule has 8 heavy (non-hydrogen) atoms. The monoisotopic (exact) mass is 128 g/mol. The summed E-state index contributed by atoms with van der Waals surface area (Å²) in [6, 6.07) is 0. The molecule has 1 heterocycles. The Hall–Kier alpha value is -0.410. The van der Waals surface area contributed by atoms with Gasteiger partial charge in [-0.1, -0.05) is 0 Å². The summed E-state index contributed by atoms with van der Waals surface area (Å²) in [5.74, 6) is 0. The number of thiazole rings is 1. The van der Waals surface area contributed by atoms with Crippen molar-refractivity contribution < 1.29 is 5.11 Å². The molecule has 1 unspecified atom stereocenters. The predicted octanol–water partition coefficient (Wildman–Crippen LogP) is 0.997. The highest BCUT2D eigenvalue weighted by Gasteiger charge is 1.99. The summed E-state index contributed by atoms with van der Waals surface area (Å²) in [6.07, 6.45) is 1.23. The molecule has 0 aliphatic rings. The first kappa shape index (κ1) is 5.72. The average Bonchev–Trinajstić information content (AvgIpc) is 2.12. The fourth-order valence-corrected chi connectivity index (χ4v) is 0.875. The Balaban J connectivity index is 2.77. The third kappa shape index (κ3) is 1.05. The van der Waals surface area contributed by atoms with Gasteiger partial charge in [0, 0.05) is 6.20 Å². The van der Waals surface area contributed by atoms with Crippen LogP contribution in [-0.4, -0.2) is 10.1 Å². The van der Waals surface area contributed by atoms with E-state index >= 15 is 0 Å². The van der Waals surface area contributed by atoms with Crippen LogP contribution in [0.3, 0.4) is 0 Å². The normalized spacial score (nSPS) is 13.8. The van der Waals surface area contributed by atoms with Crippen LogP contribution in [0.25, 0.3) is 0 Å². The van der Waals surface area contributed by atoms with Crippen LogP contribution in [0.4, 0.5) is 0 Å². The summed E-state index contributed by atoms with van der Waals surface area (Å²) in [5.41, 5.74) is 2.64. The van der Waals surface area contributed by atoms with Crippen molar-refractivity contribution in [3.05, 3.63) is 16.6 Å². The summed E-state index contributed by atoms with van der Waals surface area (Å²) in [6.45, 7) is 1.71. The molecule has 1 N–H and O–H groups in total. The van der Waals surface area contributed by atoms with Crippen molar-refractivity contribution in [3.8, 4) is 0 Å². The lowest BCUT2D eigenvalue weighted by Gasteiger charge is -1.93. The maximum atomic E-state index is 8.86. The molecular weight excluding hydrogens is 122 g/mol. The first-order valence-corrected chi connectivity index (χ1v) is 3.12. The highest BCUT2D eigenvalue weighted by Crippen LogP contribution is 2.14. The molecule has 0 saturated heterocycles. The Morgan fingerprint density at radius 2 is 2.75 bits per heavy atom. The van der Waals surface area contributed by atoms with E-state index in [4.69, 9.17) is 5.11 Å². The zero-order valence-corrected chi connectivity index (χ0v) is 5.27. The molecule has 0 fully saturated rings. The second-order valence-corrected chi connectivity index (χ2v) is 2.39. The summed E-state index contributed by atoms with van der Waals surface area (Å²) < 4.78 is 0. The molecule has 1 radical (unpaired) electrons. The van der Waals surface area contributed by atoms with Crippen LogP contribution in [0.15, 0.2) is 6.20 Å². The lowest BCUT2D eigenvalue weighted by Crippen LogP contribution is -1.83. The molecule has 1 rings (SSSR count). The second-order valence-electron chi connectivity index (χ2n) is 1.53. The van der Waals surface area contributed by atoms with Crippen molar-refractivity contribution in [1.29, 1.82) is 0 Å². The number of aliphatic hydroxyl groups excluding tert-OH is 1. The topological polar surface area (TPSA) is 33.1 Å². The summed E-state index contributed by atoms with van der Waals surface area (Å²) in [7, 11) is 0. The van der Waals surface area contributed by atoms with E-state index in [-0.39, 0.29) is 0 Å². The number of hydrogen-bond donors (Lipinski definition) is 1. The Bertz CT molecular complexity index is 147. The Kier molecular flexibility index (Phi) is 1.60. The first-order chi connectivity index (χ1) is 3.80. The van der Waals surface area contributed by atoms with Gasteiger partial charge in [0.05, 0.1) is 11.0 Å². The maximum absolute atomic E-state index is 8.86. The summed E-state index contributed by atoms with van der Waals surface area (Å²) >= 11 is 1.34. The van der Waals surface area contributed by atoms with Crippen LogP contribution in [0.2, 0.25) is 0 Å². The molecule has 0 aliphatic carbocycles. The molecule has 1 aromatic rings. The number of aliphatic hydroxyl groups is 1. The van der Waals surface area contributed by atoms with Crippen LogP contribution in [0.1, 0.15) is 17.9 Å². The van der Waals surface area contributed by atoms with Gasteiger partial charge in [0.1, 0.15) is 0 Å². The Morgan fingerprint density at radius 1 is 2.00 bits per heavy atom. The molecule has 3 heteroatoms. The minimum atomic E-state index is -0.390. The van der Waals surface area contributed by atoms with Crippen molar-refractivity contribution in [2.24, 2.45) is 0 Å². The molecule has 0 saturated carbocycles. The van der Waals surface area contributed by atoms with E-state index in [2.05, 4.69) is 10.5 Å². The van der Waals surface area contributed by atoms with Crippen LogP contribution in [0.5, 0.6) is 0 Å². The van der Waals surface area contributed by atoms with E-state index in [1.807, 2.05) is 0 Å². The van der Waals surface area contributed by atoms with Gasteiger partial charge in [0.15, 0.2) is 5.51 Å². The molecular formula is C5H6NOS. The van der Waals surface area contributed by atoms with Gasteiger partial charge in [-0.3, -0.25) is 0 Å². The fourth-order valence-electron chi connectivity index (χ4n) is 0.389. The standard InChI is InChI=1S/C5H6NOS/c1-4(7)5-2-6-3-8-5/h2,4,7H,1H3. The number of nitrogens with zero attached hydrogens (tertiary/aromatic N) is 1. The highest BCUT2D eigenvalue weighted by atomic mass is 32.1. The molecule has 0 amide bonds. The number of hydrogen-bond acceptors (Lipinski definition) is 3. The SMILES string of the molecule is CC(O)c1cn[c]s1. The van der Waals surface area contributed by atoms with Crippen molar-refractivity contribution in [1.82, 2.24) is 4.98 Å². The van der Waals surface area contributed by atoms with Gasteiger partial charge < -0.3 is 5.11 Å². The van der Waals surface area contributed by atoms with E-state index < -0.39 is 6.10 Å². The van der Waals surface area contributed by atoms with Gasteiger partial charge in [0.2, 0.25) is 0 Å². The molecule has 1 aromatic heterocycles. The second kappa shape index (κ2) is 2.24. The fraction of sp³-hybridized carbons (Fsp3) is 0.400. The smallest absolute Gasteiger partial charge is 0.152 e. The number of aromatic nitrogens is 1. The summed E-state index contributed by atoms with van der Waals surface area (Å²) in [4.78, 5) is 4.54. The lowest BCUT2D eigenvalue weighted by molar-refractivity contribution is 0.203. The van der Waals surface area contributed by atoms with E-state index in [1.165, 1.54) is 11.3 Å². The van der Waals surface area contributed by atoms with E-state index in [0.29, 0.717) is 0 Å². The zero-order valence-electron chi connectivity index (χ0n) is 4.46. The lowest BCUT2D eigenvalue weighted by atomic mass is 10.4. The molecule has 43 valence electrons. The molecule has 0 aromatic carbocycles. The van der Waals surface area contributed by atoms with Gasteiger partial charge in [0.25, 0.3) is 0 Å². The van der Waals surface area contributed by atoms with Crippen LogP contribution < -0.4 is 0 Å². The van der Waals surface area contributed by atoms with Gasteiger partial charge >= 0.3 is 0 Å². The average molecular weight is 128 g/mol. The van der Waals surface area contributed by atoms with E-state index in [9.17, 15) is 0 Å². The van der Waals surface area contributed by atoms with E-state index in [1.54, 1.807) is 13.1 Å². The maximum Gasteiger partial charge on any atom is 0.152 e. The van der Waals surface area contributed by atoms with Crippen molar-refractivity contribution in [3.63, 3.8) is 0 Å². The van der Waals surface area contributed by atoms with E-state index in [0.717, 1.165) is 4.88 Å². The Labute approximate surface area is 51.8 Å². The molecule has 2 nitrogen and oxygen atoms in total. The van der Waals surface area contributed by atoms with Gasteiger partial charge in [-0.2, -0.15) is 0 Å². The van der Waals surface area contributed by atoms with Gasteiger partial charge in [-0.15, -0.1) is 11.3 Å². The third-order valence-electron chi connectivity index (χ3n) is 0.820. The van der Waals surface area contributed by atoms with Crippen molar-refractivity contribution >= 4 is 11.3 Å². The molecule has 1 atom stereocenters. The molecule has 0 aliphatic heterocycles. The van der Waals surface area contributed by atoms with Crippen LogP contribution in [-0.2, 0) is 0 Å². The molecule has 0 bridgehead atoms. The largest absolute Gasteiger partial charge is 0.388 e.